The number of imidazole rings is 2. The van der Waals surface area contributed by atoms with Crippen LogP contribution in [0.25, 0.3) is 22.8 Å². The van der Waals surface area contributed by atoms with Crippen molar-refractivity contribution in [2.75, 3.05) is 5.73 Å². The van der Waals surface area contributed by atoms with Gasteiger partial charge in [-0.2, -0.15) is 0 Å². The number of anilines is 1. The lowest BCUT2D eigenvalue weighted by Crippen LogP contribution is -2.18. The molecule has 0 spiro atoms. The second kappa shape index (κ2) is 6.71. The number of nitrogens with two attached hydrogens (primary N) is 1. The first-order valence-electron chi connectivity index (χ1n) is 8.86. The van der Waals surface area contributed by atoms with E-state index < -0.39 is 0 Å². The molecule has 0 aromatic carbocycles. The number of H-pyrrole nitrogens is 2. The van der Waals surface area contributed by atoms with Crippen molar-refractivity contribution in [1.82, 2.24) is 29.5 Å². The Bertz CT molecular complexity index is 1120. The van der Waals surface area contributed by atoms with Gasteiger partial charge in [-0.05, 0) is 25.3 Å². The highest BCUT2D eigenvalue weighted by Crippen LogP contribution is 2.39. The van der Waals surface area contributed by atoms with E-state index in [-0.39, 0.29) is 11.5 Å². The molecule has 8 heteroatoms. The molecule has 1 aliphatic rings. The van der Waals surface area contributed by atoms with Gasteiger partial charge in [0, 0.05) is 12.1 Å². The normalized spacial score (nSPS) is 15.1. The van der Waals surface area contributed by atoms with Gasteiger partial charge < -0.3 is 15.7 Å². The Hall–Kier alpha value is -3.42. The first-order chi connectivity index (χ1) is 13.1. The molecule has 0 atom stereocenters. The van der Waals surface area contributed by atoms with Crippen molar-refractivity contribution in [2.45, 2.75) is 32.2 Å². The lowest BCUT2D eigenvalue weighted by molar-refractivity contribution is 0.777. The fraction of sp³-hybridized carbons (Fsp3) is 0.263. The minimum Gasteiger partial charge on any atom is -0.382 e. The van der Waals surface area contributed by atoms with Gasteiger partial charge in [0.2, 0.25) is 0 Å². The monoisotopic (exact) mass is 363 g/mol. The quantitative estimate of drug-likeness (QED) is 0.582. The van der Waals surface area contributed by atoms with Gasteiger partial charge >= 0.3 is 5.69 Å². The van der Waals surface area contributed by atoms with Crippen molar-refractivity contribution < 1.29 is 0 Å². The summed E-state index contributed by atoms with van der Waals surface area (Å²) in [5.41, 5.74) is 8.54. The van der Waals surface area contributed by atoms with Gasteiger partial charge in [0.15, 0.2) is 23.1 Å². The smallest absolute Gasteiger partial charge is 0.328 e. The molecule has 0 amide bonds. The Morgan fingerprint density at radius 2 is 2.22 bits per heavy atom. The van der Waals surface area contributed by atoms with E-state index in [2.05, 4.69) is 31.5 Å². The summed E-state index contributed by atoms with van der Waals surface area (Å²) in [7, 11) is 0. The van der Waals surface area contributed by atoms with Gasteiger partial charge in [-0.25, -0.2) is 19.7 Å². The van der Waals surface area contributed by atoms with E-state index in [1.165, 1.54) is 4.57 Å². The van der Waals surface area contributed by atoms with Crippen LogP contribution in [0.4, 0.5) is 5.82 Å². The molecule has 0 aliphatic heterocycles. The number of fused-ring (bicyclic) bond motifs is 1. The SMILES string of the molecule is C=C/C(=C\C=C/C)Cn1c(=O)[nH]c2c(N)nc(-c3nc(C4CC4)c[nH]3)nc21. The lowest BCUT2D eigenvalue weighted by atomic mass is 10.2. The summed E-state index contributed by atoms with van der Waals surface area (Å²) in [4.78, 5) is 31.7. The van der Waals surface area contributed by atoms with Crippen LogP contribution in [0.5, 0.6) is 0 Å². The fourth-order valence-electron chi connectivity index (χ4n) is 2.93. The van der Waals surface area contributed by atoms with Crippen LogP contribution in [0.1, 0.15) is 31.4 Å². The summed E-state index contributed by atoms with van der Waals surface area (Å²) in [6.45, 7) is 6.06. The number of hydrogen-bond donors (Lipinski definition) is 3. The van der Waals surface area contributed by atoms with Crippen molar-refractivity contribution in [2.24, 2.45) is 0 Å². The predicted molar refractivity (Wildman–Crippen MR) is 105 cm³/mol. The molecule has 0 radical (unpaired) electrons. The van der Waals surface area contributed by atoms with Crippen LogP contribution in [0.2, 0.25) is 0 Å². The standard InChI is InChI=1S/C19H21N7O/c1-3-5-6-11(4-2)10-26-18-14(23-19(26)27)15(20)24-17(25-18)16-21-9-13(22-16)12-7-8-12/h3-6,9,12H,2,7-8,10H2,1H3,(H,21,22)(H,23,27)(H2,20,24,25)/b5-3-,11-6+. The second-order valence-corrected chi connectivity index (χ2v) is 6.57. The van der Waals surface area contributed by atoms with Gasteiger partial charge in [-0.3, -0.25) is 4.57 Å². The molecule has 1 saturated carbocycles. The molecular formula is C19H21N7O. The fourth-order valence-corrected chi connectivity index (χ4v) is 2.93. The number of allylic oxidation sites excluding steroid dienone is 5. The number of aromatic amines is 2. The average Bonchev–Trinajstić information content (AvgIpc) is 3.31. The van der Waals surface area contributed by atoms with Crippen molar-refractivity contribution in [3.05, 3.63) is 58.8 Å². The molecule has 1 aliphatic carbocycles. The van der Waals surface area contributed by atoms with E-state index >= 15 is 0 Å². The predicted octanol–water partition coefficient (Wildman–Crippen LogP) is 2.66. The lowest BCUT2D eigenvalue weighted by Gasteiger charge is -2.05. The molecule has 3 aromatic rings. The van der Waals surface area contributed by atoms with Crippen LogP contribution in [-0.2, 0) is 6.54 Å². The van der Waals surface area contributed by atoms with Crippen LogP contribution >= 0.6 is 0 Å². The highest BCUT2D eigenvalue weighted by Gasteiger charge is 2.26. The Morgan fingerprint density at radius 1 is 1.41 bits per heavy atom. The van der Waals surface area contributed by atoms with Crippen LogP contribution in [-0.4, -0.2) is 29.5 Å². The topological polar surface area (TPSA) is 118 Å². The zero-order valence-electron chi connectivity index (χ0n) is 15.1. The third-order valence-corrected chi connectivity index (χ3v) is 4.56. The molecule has 1 fully saturated rings. The summed E-state index contributed by atoms with van der Waals surface area (Å²) < 4.78 is 1.53. The molecule has 27 heavy (non-hydrogen) atoms. The van der Waals surface area contributed by atoms with E-state index in [1.54, 1.807) is 6.08 Å². The second-order valence-electron chi connectivity index (χ2n) is 6.57. The molecule has 4 N–H and O–H groups in total. The van der Waals surface area contributed by atoms with Crippen LogP contribution in [0.3, 0.4) is 0 Å². The zero-order chi connectivity index (χ0) is 19.0. The Balaban J connectivity index is 1.79. The van der Waals surface area contributed by atoms with Crippen molar-refractivity contribution >= 4 is 17.0 Å². The largest absolute Gasteiger partial charge is 0.382 e. The Kier molecular flexibility index (Phi) is 4.23. The molecule has 0 saturated heterocycles. The first kappa shape index (κ1) is 17.0. The molecule has 8 nitrogen and oxygen atoms in total. The van der Waals surface area contributed by atoms with E-state index in [4.69, 9.17) is 5.73 Å². The molecule has 3 aromatic heterocycles. The van der Waals surface area contributed by atoms with Crippen LogP contribution < -0.4 is 11.4 Å². The van der Waals surface area contributed by atoms with Gasteiger partial charge in [-0.1, -0.05) is 30.9 Å². The third kappa shape index (κ3) is 3.21. The van der Waals surface area contributed by atoms with Gasteiger partial charge in [0.05, 0.1) is 12.2 Å². The molecule has 138 valence electrons. The average molecular weight is 363 g/mol. The number of nitrogens with zero attached hydrogens (tertiary/aromatic N) is 4. The number of rotatable bonds is 6. The van der Waals surface area contributed by atoms with Gasteiger partial charge in [0.25, 0.3) is 0 Å². The van der Waals surface area contributed by atoms with Gasteiger partial charge in [0.1, 0.15) is 5.52 Å². The number of hydrogen-bond acceptors (Lipinski definition) is 5. The van der Waals surface area contributed by atoms with E-state index in [0.717, 1.165) is 24.1 Å². The highest BCUT2D eigenvalue weighted by molar-refractivity contribution is 5.83. The van der Waals surface area contributed by atoms with Crippen LogP contribution in [0, 0.1) is 0 Å². The van der Waals surface area contributed by atoms with Crippen molar-refractivity contribution in [3.63, 3.8) is 0 Å². The maximum Gasteiger partial charge on any atom is 0.328 e. The zero-order valence-corrected chi connectivity index (χ0v) is 15.1. The summed E-state index contributed by atoms with van der Waals surface area (Å²) >= 11 is 0. The van der Waals surface area contributed by atoms with Gasteiger partial charge in [-0.15, -0.1) is 0 Å². The van der Waals surface area contributed by atoms with Crippen LogP contribution in [0.15, 0.2) is 47.4 Å². The molecule has 0 bridgehead atoms. The summed E-state index contributed by atoms with van der Waals surface area (Å²) in [5.74, 6) is 1.66. The Labute approximate surface area is 155 Å². The Morgan fingerprint density at radius 3 is 2.93 bits per heavy atom. The molecule has 0 unspecified atom stereocenters. The van der Waals surface area contributed by atoms with E-state index in [1.807, 2.05) is 31.3 Å². The van der Waals surface area contributed by atoms with Crippen molar-refractivity contribution in [3.8, 4) is 11.6 Å². The highest BCUT2D eigenvalue weighted by atomic mass is 16.1. The molecule has 3 heterocycles. The number of nitrogens with one attached hydrogen (secondary N) is 2. The summed E-state index contributed by atoms with van der Waals surface area (Å²) in [6, 6.07) is 0. The minimum absolute atomic E-state index is 0.216. The maximum absolute atomic E-state index is 12.4. The first-order valence-corrected chi connectivity index (χ1v) is 8.86. The van der Waals surface area contributed by atoms with E-state index in [0.29, 0.717) is 35.3 Å². The van der Waals surface area contributed by atoms with E-state index in [9.17, 15) is 4.79 Å². The molecule has 4 rings (SSSR count). The number of nitrogen functional groups attached to an aromatic ring is 1. The third-order valence-electron chi connectivity index (χ3n) is 4.56. The maximum atomic E-state index is 12.4. The van der Waals surface area contributed by atoms with Crippen molar-refractivity contribution in [1.29, 1.82) is 0 Å². The molecular weight excluding hydrogens is 342 g/mol. The summed E-state index contributed by atoms with van der Waals surface area (Å²) in [6.07, 6.45) is 11.6. The number of aromatic nitrogens is 6. The minimum atomic E-state index is -0.297. The summed E-state index contributed by atoms with van der Waals surface area (Å²) in [5, 5.41) is 0.